The van der Waals surface area contributed by atoms with Crippen LogP contribution in [0.1, 0.15) is 30.9 Å². The van der Waals surface area contributed by atoms with E-state index in [-0.39, 0.29) is 0 Å². The van der Waals surface area contributed by atoms with Crippen LogP contribution in [0.15, 0.2) is 24.3 Å². The van der Waals surface area contributed by atoms with Gasteiger partial charge in [0.05, 0.1) is 5.60 Å². The van der Waals surface area contributed by atoms with Crippen molar-refractivity contribution in [1.29, 1.82) is 0 Å². The fraction of sp³-hybridized carbons (Fsp3) is 0.455. The molecule has 1 aromatic rings. The highest BCUT2D eigenvalue weighted by molar-refractivity contribution is 5.33. The molecule has 0 spiro atoms. The van der Waals surface area contributed by atoms with Crippen LogP contribution < -0.4 is 0 Å². The zero-order valence-electron chi connectivity index (χ0n) is 7.38. The molecule has 0 fully saturated rings. The SMILES string of the molecule is C[C@]1(O)CCCc2ccccc21. The Balaban J connectivity index is 2.52. The van der Waals surface area contributed by atoms with Crippen LogP contribution in [0.4, 0.5) is 0 Å². The van der Waals surface area contributed by atoms with Gasteiger partial charge in [-0.05, 0) is 37.3 Å². The van der Waals surface area contributed by atoms with Gasteiger partial charge >= 0.3 is 0 Å². The molecular weight excluding hydrogens is 148 g/mol. The van der Waals surface area contributed by atoms with E-state index in [0.717, 1.165) is 24.8 Å². The van der Waals surface area contributed by atoms with Crippen molar-refractivity contribution in [1.82, 2.24) is 0 Å². The van der Waals surface area contributed by atoms with Crippen LogP contribution in [-0.4, -0.2) is 5.11 Å². The summed E-state index contributed by atoms with van der Waals surface area (Å²) in [6.07, 6.45) is 3.11. The molecule has 0 aromatic heterocycles. The molecule has 1 aliphatic rings. The molecule has 0 amide bonds. The number of rotatable bonds is 0. The minimum absolute atomic E-state index is 0.588. The Bertz CT molecular complexity index is 289. The van der Waals surface area contributed by atoms with E-state index in [9.17, 15) is 5.11 Å². The summed E-state index contributed by atoms with van der Waals surface area (Å²) in [4.78, 5) is 0. The summed E-state index contributed by atoms with van der Waals surface area (Å²) in [5.74, 6) is 0. The lowest BCUT2D eigenvalue weighted by Gasteiger charge is -2.30. The number of hydrogen-bond acceptors (Lipinski definition) is 1. The van der Waals surface area contributed by atoms with E-state index in [1.165, 1.54) is 5.56 Å². The van der Waals surface area contributed by atoms with Crippen LogP contribution in [0.25, 0.3) is 0 Å². The molecule has 1 aliphatic carbocycles. The highest BCUT2D eigenvalue weighted by atomic mass is 16.3. The van der Waals surface area contributed by atoms with E-state index >= 15 is 0 Å². The normalized spacial score (nSPS) is 28.2. The van der Waals surface area contributed by atoms with Gasteiger partial charge in [0.2, 0.25) is 0 Å². The van der Waals surface area contributed by atoms with Crippen LogP contribution in [0, 0.1) is 0 Å². The number of hydrogen-bond donors (Lipinski definition) is 1. The summed E-state index contributed by atoms with van der Waals surface area (Å²) in [7, 11) is 0. The largest absolute Gasteiger partial charge is 0.385 e. The van der Waals surface area contributed by atoms with Crippen LogP contribution in [0.2, 0.25) is 0 Å². The second kappa shape index (κ2) is 2.60. The highest BCUT2D eigenvalue weighted by Gasteiger charge is 2.28. The predicted molar refractivity (Wildman–Crippen MR) is 49.0 cm³/mol. The van der Waals surface area contributed by atoms with Crippen LogP contribution in [-0.2, 0) is 12.0 Å². The molecular formula is C11H14O. The van der Waals surface area contributed by atoms with Crippen LogP contribution in [0.3, 0.4) is 0 Å². The average Bonchev–Trinajstić information content (AvgIpc) is 2.04. The third-order valence-corrected chi connectivity index (χ3v) is 2.71. The van der Waals surface area contributed by atoms with E-state index in [4.69, 9.17) is 0 Å². The van der Waals surface area contributed by atoms with Gasteiger partial charge in [0, 0.05) is 0 Å². The van der Waals surface area contributed by atoms with Gasteiger partial charge in [-0.15, -0.1) is 0 Å². The molecule has 0 heterocycles. The Morgan fingerprint density at radius 1 is 1.33 bits per heavy atom. The van der Waals surface area contributed by atoms with Crippen molar-refractivity contribution in [3.8, 4) is 0 Å². The molecule has 0 radical (unpaired) electrons. The summed E-state index contributed by atoms with van der Waals surface area (Å²) in [6.45, 7) is 1.91. The van der Waals surface area contributed by atoms with Crippen molar-refractivity contribution in [2.45, 2.75) is 31.8 Å². The summed E-state index contributed by atoms with van der Waals surface area (Å²) in [5.41, 5.74) is 1.85. The van der Waals surface area contributed by atoms with Crippen LogP contribution >= 0.6 is 0 Å². The molecule has 0 unspecified atom stereocenters. The van der Waals surface area contributed by atoms with Gasteiger partial charge in [-0.25, -0.2) is 0 Å². The predicted octanol–water partition coefficient (Wildman–Crippen LogP) is 2.23. The van der Waals surface area contributed by atoms with Crippen molar-refractivity contribution in [2.75, 3.05) is 0 Å². The summed E-state index contributed by atoms with van der Waals surface area (Å²) in [6, 6.07) is 8.19. The first-order chi connectivity index (χ1) is 5.70. The molecule has 0 saturated carbocycles. The molecule has 0 bridgehead atoms. The maximum Gasteiger partial charge on any atom is 0.0871 e. The lowest BCUT2D eigenvalue weighted by atomic mass is 9.80. The Morgan fingerprint density at radius 2 is 2.08 bits per heavy atom. The Kier molecular flexibility index (Phi) is 1.69. The fourth-order valence-corrected chi connectivity index (χ4v) is 2.02. The maximum atomic E-state index is 10.0. The second-order valence-corrected chi connectivity index (χ2v) is 3.78. The Hall–Kier alpha value is -0.820. The standard InChI is InChI=1S/C11H14O/c1-11(12)8-4-6-9-5-2-3-7-10(9)11/h2-3,5,7,12H,4,6,8H2,1H3/t11-/m0/s1. The average molecular weight is 162 g/mol. The molecule has 1 atom stereocenters. The molecule has 64 valence electrons. The first-order valence-corrected chi connectivity index (χ1v) is 4.51. The number of aryl methyl sites for hydroxylation is 1. The summed E-state index contributed by atoms with van der Waals surface area (Å²) < 4.78 is 0. The van der Waals surface area contributed by atoms with Crippen molar-refractivity contribution >= 4 is 0 Å². The monoisotopic (exact) mass is 162 g/mol. The van der Waals surface area contributed by atoms with Gasteiger partial charge in [-0.3, -0.25) is 0 Å². The highest BCUT2D eigenvalue weighted by Crippen LogP contribution is 2.34. The minimum atomic E-state index is -0.588. The van der Waals surface area contributed by atoms with Gasteiger partial charge < -0.3 is 5.11 Å². The molecule has 1 aromatic carbocycles. The minimum Gasteiger partial charge on any atom is -0.385 e. The van der Waals surface area contributed by atoms with Gasteiger partial charge in [-0.1, -0.05) is 24.3 Å². The lowest BCUT2D eigenvalue weighted by Crippen LogP contribution is -2.26. The fourth-order valence-electron chi connectivity index (χ4n) is 2.02. The zero-order chi connectivity index (χ0) is 8.60. The number of fused-ring (bicyclic) bond motifs is 1. The lowest BCUT2D eigenvalue weighted by molar-refractivity contribution is 0.0387. The Labute approximate surface area is 73.0 Å². The Morgan fingerprint density at radius 3 is 2.83 bits per heavy atom. The van der Waals surface area contributed by atoms with Crippen molar-refractivity contribution in [2.24, 2.45) is 0 Å². The molecule has 1 N–H and O–H groups in total. The summed E-state index contributed by atoms with van der Waals surface area (Å²) in [5, 5.41) is 10.0. The van der Waals surface area contributed by atoms with Crippen molar-refractivity contribution in [3.05, 3.63) is 35.4 Å². The molecule has 0 saturated heterocycles. The van der Waals surface area contributed by atoms with Gasteiger partial charge in [0.25, 0.3) is 0 Å². The summed E-state index contributed by atoms with van der Waals surface area (Å²) >= 11 is 0. The topological polar surface area (TPSA) is 20.2 Å². The van der Waals surface area contributed by atoms with E-state index in [1.807, 2.05) is 25.1 Å². The first kappa shape index (κ1) is 7.81. The van der Waals surface area contributed by atoms with E-state index in [1.54, 1.807) is 0 Å². The smallest absolute Gasteiger partial charge is 0.0871 e. The molecule has 0 aliphatic heterocycles. The van der Waals surface area contributed by atoms with E-state index < -0.39 is 5.60 Å². The van der Waals surface area contributed by atoms with Gasteiger partial charge in [-0.2, -0.15) is 0 Å². The molecule has 1 nitrogen and oxygen atoms in total. The van der Waals surface area contributed by atoms with Crippen molar-refractivity contribution in [3.63, 3.8) is 0 Å². The maximum absolute atomic E-state index is 10.0. The van der Waals surface area contributed by atoms with Crippen molar-refractivity contribution < 1.29 is 5.11 Å². The molecule has 2 rings (SSSR count). The number of benzene rings is 1. The second-order valence-electron chi connectivity index (χ2n) is 3.78. The third kappa shape index (κ3) is 1.14. The number of aliphatic hydroxyl groups is 1. The quantitative estimate of drug-likeness (QED) is 0.620. The zero-order valence-corrected chi connectivity index (χ0v) is 7.38. The molecule has 1 heteroatoms. The van der Waals surface area contributed by atoms with Gasteiger partial charge in [0.1, 0.15) is 0 Å². The van der Waals surface area contributed by atoms with Gasteiger partial charge in [0.15, 0.2) is 0 Å². The van der Waals surface area contributed by atoms with E-state index in [2.05, 4.69) is 6.07 Å². The van der Waals surface area contributed by atoms with Crippen LogP contribution in [0.5, 0.6) is 0 Å². The first-order valence-electron chi connectivity index (χ1n) is 4.51. The van der Waals surface area contributed by atoms with E-state index in [0.29, 0.717) is 0 Å². The molecule has 12 heavy (non-hydrogen) atoms. The third-order valence-electron chi connectivity index (χ3n) is 2.71.